The van der Waals surface area contributed by atoms with Gasteiger partial charge in [-0.1, -0.05) is 24.4 Å². The molecule has 2 fully saturated rings. The van der Waals surface area contributed by atoms with E-state index in [-0.39, 0.29) is 17.1 Å². The van der Waals surface area contributed by atoms with E-state index in [1.807, 2.05) is 16.8 Å². The van der Waals surface area contributed by atoms with Crippen LogP contribution in [0.3, 0.4) is 0 Å². The third-order valence-corrected chi connectivity index (χ3v) is 5.19. The monoisotopic (exact) mass is 339 g/mol. The van der Waals surface area contributed by atoms with Gasteiger partial charge in [0.15, 0.2) is 0 Å². The average Bonchev–Trinajstić information content (AvgIpc) is 3.21. The predicted molar refractivity (Wildman–Crippen MR) is 89.0 cm³/mol. The Morgan fingerprint density at radius 2 is 2.17 bits per heavy atom. The summed E-state index contributed by atoms with van der Waals surface area (Å²) in [7, 11) is 1.87. The summed E-state index contributed by atoms with van der Waals surface area (Å²) in [6, 6.07) is 0.402. The first-order chi connectivity index (χ1) is 11.1. The predicted octanol–water partition coefficient (Wildman–Crippen LogP) is 1.59. The summed E-state index contributed by atoms with van der Waals surface area (Å²) in [5.74, 6) is 0. The summed E-state index contributed by atoms with van der Waals surface area (Å²) in [6.07, 6.45) is 6.97. The number of hydrogen-bond donors (Lipinski definition) is 2. The van der Waals surface area contributed by atoms with Crippen molar-refractivity contribution in [1.29, 1.82) is 0 Å². The molecular formula is C15H22ClN5O2. The molecule has 3 rings (SSSR count). The molecule has 2 N–H and O–H groups in total. The van der Waals surface area contributed by atoms with Gasteiger partial charge in [0.25, 0.3) is 5.56 Å². The Morgan fingerprint density at radius 1 is 1.43 bits per heavy atom. The summed E-state index contributed by atoms with van der Waals surface area (Å²) >= 11 is 6.04. The number of nitrogens with one attached hydrogen (secondary N) is 2. The van der Waals surface area contributed by atoms with Crippen LogP contribution in [0.1, 0.15) is 32.1 Å². The van der Waals surface area contributed by atoms with Crippen LogP contribution in [-0.2, 0) is 0 Å². The first-order valence-corrected chi connectivity index (χ1v) is 8.45. The van der Waals surface area contributed by atoms with Crippen molar-refractivity contribution in [3.05, 3.63) is 21.6 Å². The maximum Gasteiger partial charge on any atom is 0.317 e. The Hall–Kier alpha value is -1.76. The molecule has 1 saturated heterocycles. The number of carbonyl (C=O) groups excluding carboxylic acids is 1. The van der Waals surface area contributed by atoms with Crippen LogP contribution in [-0.4, -0.2) is 53.3 Å². The minimum absolute atomic E-state index is 0.0149. The molecule has 2 heterocycles. The van der Waals surface area contributed by atoms with Crippen LogP contribution in [0.2, 0.25) is 5.02 Å². The molecule has 1 atom stereocenters. The van der Waals surface area contributed by atoms with Crippen LogP contribution in [0.25, 0.3) is 0 Å². The van der Waals surface area contributed by atoms with Gasteiger partial charge < -0.3 is 15.1 Å². The minimum Gasteiger partial charge on any atom is -0.367 e. The summed E-state index contributed by atoms with van der Waals surface area (Å²) in [5.41, 5.74) is 0.230. The normalized spacial score (nSPS) is 21.7. The van der Waals surface area contributed by atoms with Crippen LogP contribution >= 0.6 is 11.6 Å². The maximum atomic E-state index is 12.4. The van der Waals surface area contributed by atoms with Crippen molar-refractivity contribution in [3.8, 4) is 0 Å². The van der Waals surface area contributed by atoms with E-state index in [0.717, 1.165) is 25.8 Å². The third kappa shape index (κ3) is 3.44. The second-order valence-electron chi connectivity index (χ2n) is 6.33. The quantitative estimate of drug-likeness (QED) is 0.876. The largest absolute Gasteiger partial charge is 0.367 e. The Morgan fingerprint density at radius 3 is 2.91 bits per heavy atom. The third-order valence-electron chi connectivity index (χ3n) is 4.83. The standard InChI is InChI=1S/C15H22ClN5O2/c1-20(11-4-2-3-5-11)15(23)18-10-6-7-21(9-10)12-8-17-19-14(22)13(12)16/h8,10-11H,2-7,9H2,1H3,(H,18,23)(H,19,22). The highest BCUT2D eigenvalue weighted by molar-refractivity contribution is 6.33. The molecule has 0 radical (unpaired) electrons. The Labute approximate surface area is 140 Å². The number of anilines is 1. The number of halogens is 1. The lowest BCUT2D eigenvalue weighted by molar-refractivity contribution is 0.187. The molecule has 1 aromatic rings. The molecule has 7 nitrogen and oxygen atoms in total. The van der Waals surface area contributed by atoms with Gasteiger partial charge in [-0.3, -0.25) is 4.79 Å². The average molecular weight is 340 g/mol. The number of H-pyrrole nitrogens is 1. The molecule has 2 aliphatic rings. The molecule has 23 heavy (non-hydrogen) atoms. The maximum absolute atomic E-state index is 12.4. The highest BCUT2D eigenvalue weighted by atomic mass is 35.5. The zero-order valence-corrected chi connectivity index (χ0v) is 14.0. The second-order valence-corrected chi connectivity index (χ2v) is 6.71. The zero-order chi connectivity index (χ0) is 16.4. The highest BCUT2D eigenvalue weighted by Gasteiger charge is 2.29. The number of hydrogen-bond acceptors (Lipinski definition) is 4. The fraction of sp³-hybridized carbons (Fsp3) is 0.667. The second kappa shape index (κ2) is 6.78. The van der Waals surface area contributed by atoms with E-state index in [9.17, 15) is 9.59 Å². The Kier molecular flexibility index (Phi) is 4.75. The van der Waals surface area contributed by atoms with Gasteiger partial charge in [-0.25, -0.2) is 9.89 Å². The number of rotatable bonds is 3. The van der Waals surface area contributed by atoms with Crippen LogP contribution in [0.15, 0.2) is 11.0 Å². The van der Waals surface area contributed by atoms with Gasteiger partial charge in [0.1, 0.15) is 5.02 Å². The first-order valence-electron chi connectivity index (χ1n) is 8.07. The Bertz CT molecular complexity index is 629. The zero-order valence-electron chi connectivity index (χ0n) is 13.2. The summed E-state index contributed by atoms with van der Waals surface area (Å²) in [4.78, 5) is 27.7. The first kappa shape index (κ1) is 16.1. The molecule has 2 amide bonds. The van der Waals surface area contributed by atoms with E-state index >= 15 is 0 Å². The van der Waals surface area contributed by atoms with Crippen molar-refractivity contribution in [2.45, 2.75) is 44.2 Å². The van der Waals surface area contributed by atoms with Gasteiger partial charge in [-0.05, 0) is 19.3 Å². The lowest BCUT2D eigenvalue weighted by Gasteiger charge is -2.26. The van der Waals surface area contributed by atoms with Gasteiger partial charge in [0.2, 0.25) is 0 Å². The molecule has 0 bridgehead atoms. The van der Waals surface area contributed by atoms with Crippen molar-refractivity contribution in [2.75, 3.05) is 25.0 Å². The molecule has 1 saturated carbocycles. The molecule has 126 valence electrons. The van der Waals surface area contributed by atoms with Gasteiger partial charge in [-0.2, -0.15) is 5.10 Å². The van der Waals surface area contributed by atoms with Gasteiger partial charge in [0.05, 0.1) is 11.9 Å². The fourth-order valence-electron chi connectivity index (χ4n) is 3.43. The molecule has 1 aliphatic carbocycles. The van der Waals surface area contributed by atoms with E-state index in [1.165, 1.54) is 12.8 Å². The highest BCUT2D eigenvalue weighted by Crippen LogP contribution is 2.25. The number of amides is 2. The van der Waals surface area contributed by atoms with Gasteiger partial charge in [0, 0.05) is 32.2 Å². The van der Waals surface area contributed by atoms with Crippen LogP contribution in [0, 0.1) is 0 Å². The van der Waals surface area contributed by atoms with Crippen molar-refractivity contribution < 1.29 is 4.79 Å². The smallest absolute Gasteiger partial charge is 0.317 e. The number of aromatic nitrogens is 2. The number of nitrogens with zero attached hydrogens (tertiary/aromatic N) is 3. The number of aromatic amines is 1. The van der Waals surface area contributed by atoms with E-state index in [0.29, 0.717) is 18.3 Å². The molecule has 0 aromatic carbocycles. The summed E-state index contributed by atoms with van der Waals surface area (Å²) in [5, 5.41) is 9.34. The van der Waals surface area contributed by atoms with Crippen LogP contribution < -0.4 is 15.8 Å². The van der Waals surface area contributed by atoms with E-state index in [2.05, 4.69) is 15.5 Å². The Balaban J connectivity index is 1.58. The minimum atomic E-state index is -0.391. The van der Waals surface area contributed by atoms with E-state index < -0.39 is 5.56 Å². The molecule has 1 unspecified atom stereocenters. The van der Waals surface area contributed by atoms with Crippen molar-refractivity contribution in [1.82, 2.24) is 20.4 Å². The van der Waals surface area contributed by atoms with Gasteiger partial charge in [-0.15, -0.1) is 0 Å². The molecule has 0 spiro atoms. The SMILES string of the molecule is CN(C(=O)NC1CCN(c2cn[nH]c(=O)c2Cl)C1)C1CCCC1. The van der Waals surface area contributed by atoms with Crippen LogP contribution in [0.5, 0.6) is 0 Å². The number of carbonyl (C=O) groups is 1. The molecule has 8 heteroatoms. The topological polar surface area (TPSA) is 81.3 Å². The van der Waals surface area contributed by atoms with Crippen LogP contribution in [0.4, 0.5) is 10.5 Å². The molecule has 1 aromatic heterocycles. The fourth-order valence-corrected chi connectivity index (χ4v) is 3.64. The molecule has 1 aliphatic heterocycles. The lowest BCUT2D eigenvalue weighted by Crippen LogP contribution is -2.47. The van der Waals surface area contributed by atoms with Crippen molar-refractivity contribution in [2.24, 2.45) is 0 Å². The number of urea groups is 1. The van der Waals surface area contributed by atoms with Gasteiger partial charge >= 0.3 is 6.03 Å². The van der Waals surface area contributed by atoms with Crippen molar-refractivity contribution >= 4 is 23.3 Å². The van der Waals surface area contributed by atoms with Crippen molar-refractivity contribution in [3.63, 3.8) is 0 Å². The lowest BCUT2D eigenvalue weighted by atomic mass is 10.2. The molecular weight excluding hydrogens is 318 g/mol. The van der Waals surface area contributed by atoms with E-state index in [1.54, 1.807) is 6.20 Å². The summed E-state index contributed by atoms with van der Waals surface area (Å²) < 4.78 is 0. The summed E-state index contributed by atoms with van der Waals surface area (Å²) in [6.45, 7) is 1.37. The van der Waals surface area contributed by atoms with E-state index in [4.69, 9.17) is 11.6 Å².